The Balaban J connectivity index is 1.96. The van der Waals surface area contributed by atoms with E-state index in [1.54, 1.807) is 18.3 Å². The minimum atomic E-state index is -4.80. The molecule has 3 heterocycles. The minimum Gasteiger partial charge on any atom is -0.334 e. The highest BCUT2D eigenvalue weighted by Crippen LogP contribution is 2.31. The first-order chi connectivity index (χ1) is 11.8. The summed E-state index contributed by atoms with van der Waals surface area (Å²) < 4.78 is 55.1. The molecule has 0 aliphatic heterocycles. The number of carbonyl (C=O) groups is 1. The number of hydrogen-bond acceptors (Lipinski definition) is 3. The number of pyridine rings is 2. The van der Waals surface area contributed by atoms with Crippen LogP contribution in [0.3, 0.4) is 0 Å². The molecule has 0 fully saturated rings. The summed E-state index contributed by atoms with van der Waals surface area (Å²) in [7, 11) is 0. The number of rotatable bonds is 3. The summed E-state index contributed by atoms with van der Waals surface area (Å²) in [5.41, 5.74) is -0.214. The number of alkyl halides is 3. The number of carbonyl (C=O) groups excluding carboxylic acids is 1. The van der Waals surface area contributed by atoms with Gasteiger partial charge in [-0.3, -0.25) is 14.2 Å². The predicted octanol–water partition coefficient (Wildman–Crippen LogP) is 3.21. The molecular formula is C16H12F4N4O. The Morgan fingerprint density at radius 2 is 2.04 bits per heavy atom. The highest BCUT2D eigenvalue weighted by atomic mass is 19.4. The van der Waals surface area contributed by atoms with Crippen LogP contribution in [0.25, 0.3) is 5.65 Å². The van der Waals surface area contributed by atoms with Crippen molar-refractivity contribution in [3.63, 3.8) is 0 Å². The number of fused-ring (bicyclic) bond motifs is 1. The number of nitrogens with zero attached hydrogens (tertiary/aromatic N) is 3. The fourth-order valence-corrected chi connectivity index (χ4v) is 2.33. The number of halogens is 4. The Morgan fingerprint density at radius 1 is 1.28 bits per heavy atom. The van der Waals surface area contributed by atoms with Gasteiger partial charge in [-0.25, -0.2) is 4.98 Å². The third-order valence-corrected chi connectivity index (χ3v) is 3.52. The molecule has 3 rings (SSSR count). The van der Waals surface area contributed by atoms with Gasteiger partial charge in [0.15, 0.2) is 11.7 Å². The Bertz CT molecular complexity index is 921. The van der Waals surface area contributed by atoms with Crippen LogP contribution in [0.2, 0.25) is 0 Å². The molecule has 0 radical (unpaired) electrons. The van der Waals surface area contributed by atoms with Crippen LogP contribution >= 0.6 is 0 Å². The summed E-state index contributed by atoms with van der Waals surface area (Å²) in [5.74, 6) is -2.30. The summed E-state index contributed by atoms with van der Waals surface area (Å²) in [6, 6.07) is 4.67. The van der Waals surface area contributed by atoms with Gasteiger partial charge < -0.3 is 5.32 Å². The van der Waals surface area contributed by atoms with Crippen molar-refractivity contribution in [2.24, 2.45) is 0 Å². The van der Waals surface area contributed by atoms with Gasteiger partial charge in [-0.1, -0.05) is 6.07 Å². The van der Waals surface area contributed by atoms with Crippen LogP contribution in [0.5, 0.6) is 0 Å². The Hall–Kier alpha value is -2.97. The topological polar surface area (TPSA) is 59.3 Å². The lowest BCUT2D eigenvalue weighted by Gasteiger charge is -2.20. The summed E-state index contributed by atoms with van der Waals surface area (Å²) in [6.45, 7) is 1.74. The first kappa shape index (κ1) is 16.9. The van der Waals surface area contributed by atoms with E-state index in [0.717, 1.165) is 16.0 Å². The number of hydrogen-bond donors (Lipinski definition) is 1. The molecule has 0 bridgehead atoms. The van der Waals surface area contributed by atoms with Gasteiger partial charge in [0, 0.05) is 12.4 Å². The number of aryl methyl sites for hydroxylation is 1. The molecule has 0 saturated heterocycles. The third kappa shape index (κ3) is 3.30. The number of aromatic nitrogens is 3. The van der Waals surface area contributed by atoms with Gasteiger partial charge >= 0.3 is 6.18 Å². The zero-order valence-electron chi connectivity index (χ0n) is 12.9. The van der Waals surface area contributed by atoms with E-state index in [1.807, 2.05) is 0 Å². The molecule has 25 heavy (non-hydrogen) atoms. The van der Waals surface area contributed by atoms with Gasteiger partial charge in [-0.2, -0.15) is 17.6 Å². The van der Waals surface area contributed by atoms with E-state index < -0.39 is 35.5 Å². The lowest BCUT2D eigenvalue weighted by atomic mass is 10.1. The molecule has 1 amide bonds. The third-order valence-electron chi connectivity index (χ3n) is 3.52. The van der Waals surface area contributed by atoms with Gasteiger partial charge in [-0.15, -0.1) is 0 Å². The van der Waals surface area contributed by atoms with Crippen molar-refractivity contribution < 1.29 is 22.4 Å². The normalized spacial score (nSPS) is 13.0. The molecule has 130 valence electrons. The Labute approximate surface area is 139 Å². The van der Waals surface area contributed by atoms with E-state index in [0.29, 0.717) is 0 Å². The SMILES string of the molecule is Cc1ccn2c(F)c(C(=O)N[C@H](c3ccccn3)C(F)(F)F)nc2c1. The van der Waals surface area contributed by atoms with Crippen molar-refractivity contribution >= 4 is 11.6 Å². The van der Waals surface area contributed by atoms with Crippen LogP contribution < -0.4 is 5.32 Å². The molecule has 5 nitrogen and oxygen atoms in total. The average molecular weight is 352 g/mol. The molecule has 9 heteroatoms. The largest absolute Gasteiger partial charge is 0.414 e. The summed E-state index contributed by atoms with van der Waals surface area (Å²) in [6.07, 6.45) is -2.27. The first-order valence-corrected chi connectivity index (χ1v) is 7.20. The molecule has 0 aliphatic rings. The van der Waals surface area contributed by atoms with E-state index in [1.165, 1.54) is 30.6 Å². The molecule has 1 N–H and O–H groups in total. The fraction of sp³-hybridized carbons (Fsp3) is 0.188. The molecule has 3 aromatic rings. The second-order valence-electron chi connectivity index (χ2n) is 5.39. The van der Waals surface area contributed by atoms with Crippen LogP contribution in [0, 0.1) is 12.9 Å². The lowest BCUT2D eigenvalue weighted by Crippen LogP contribution is -2.39. The van der Waals surface area contributed by atoms with Crippen molar-refractivity contribution in [1.82, 2.24) is 19.7 Å². The molecule has 0 saturated carbocycles. The highest BCUT2D eigenvalue weighted by molar-refractivity contribution is 5.93. The zero-order valence-corrected chi connectivity index (χ0v) is 12.9. The van der Waals surface area contributed by atoms with Gasteiger partial charge in [0.1, 0.15) is 5.65 Å². The summed E-state index contributed by atoms with van der Waals surface area (Å²) >= 11 is 0. The van der Waals surface area contributed by atoms with E-state index >= 15 is 0 Å². The van der Waals surface area contributed by atoms with Crippen LogP contribution in [0.4, 0.5) is 17.6 Å². The first-order valence-electron chi connectivity index (χ1n) is 7.20. The van der Waals surface area contributed by atoms with Gasteiger partial charge in [0.25, 0.3) is 5.91 Å². The van der Waals surface area contributed by atoms with Crippen molar-refractivity contribution in [2.45, 2.75) is 19.1 Å². The van der Waals surface area contributed by atoms with E-state index in [-0.39, 0.29) is 5.65 Å². The molecule has 0 aliphatic carbocycles. The molecule has 1 atom stereocenters. The maximum atomic E-state index is 14.3. The van der Waals surface area contributed by atoms with Crippen LogP contribution in [-0.2, 0) is 0 Å². The van der Waals surface area contributed by atoms with Gasteiger partial charge in [-0.05, 0) is 36.8 Å². The van der Waals surface area contributed by atoms with E-state index in [4.69, 9.17) is 0 Å². The minimum absolute atomic E-state index is 0.129. The quantitative estimate of drug-likeness (QED) is 0.737. The number of imidazole rings is 1. The maximum Gasteiger partial charge on any atom is 0.414 e. The lowest BCUT2D eigenvalue weighted by molar-refractivity contribution is -0.156. The van der Waals surface area contributed by atoms with Crippen LogP contribution in [-0.4, -0.2) is 26.5 Å². The summed E-state index contributed by atoms with van der Waals surface area (Å²) in [5, 5.41) is 1.76. The van der Waals surface area contributed by atoms with Gasteiger partial charge in [0.2, 0.25) is 5.95 Å². The van der Waals surface area contributed by atoms with Crippen molar-refractivity contribution in [2.75, 3.05) is 0 Å². The molecule has 0 spiro atoms. The summed E-state index contributed by atoms with van der Waals surface area (Å²) in [4.78, 5) is 19.6. The second kappa shape index (κ2) is 6.15. The highest BCUT2D eigenvalue weighted by Gasteiger charge is 2.43. The van der Waals surface area contributed by atoms with Crippen LogP contribution in [0.1, 0.15) is 27.8 Å². The van der Waals surface area contributed by atoms with Crippen molar-refractivity contribution in [1.29, 1.82) is 0 Å². The fourth-order valence-electron chi connectivity index (χ4n) is 2.33. The molecule has 0 unspecified atom stereocenters. The molecular weight excluding hydrogens is 340 g/mol. The molecule has 3 aromatic heterocycles. The Kier molecular flexibility index (Phi) is 4.15. The second-order valence-corrected chi connectivity index (χ2v) is 5.39. The van der Waals surface area contributed by atoms with E-state index in [2.05, 4.69) is 9.97 Å². The molecule has 0 aromatic carbocycles. The number of amides is 1. The smallest absolute Gasteiger partial charge is 0.334 e. The standard InChI is InChI=1S/C16H12F4N4O/c1-9-5-7-24-11(8-9)22-12(14(24)17)15(25)23-13(16(18,19)20)10-4-2-3-6-21-10/h2-8,13H,1H3,(H,23,25)/t13-/m1/s1. The monoisotopic (exact) mass is 352 g/mol. The average Bonchev–Trinajstić information content (AvgIpc) is 2.88. The number of nitrogens with one attached hydrogen (secondary N) is 1. The predicted molar refractivity (Wildman–Crippen MR) is 80.4 cm³/mol. The van der Waals surface area contributed by atoms with Crippen LogP contribution in [0.15, 0.2) is 42.7 Å². The maximum absolute atomic E-state index is 14.3. The van der Waals surface area contributed by atoms with Crippen molar-refractivity contribution in [3.05, 3.63) is 65.6 Å². The van der Waals surface area contributed by atoms with Crippen molar-refractivity contribution in [3.8, 4) is 0 Å². The zero-order chi connectivity index (χ0) is 18.2. The Morgan fingerprint density at radius 3 is 2.68 bits per heavy atom. The van der Waals surface area contributed by atoms with E-state index in [9.17, 15) is 22.4 Å². The van der Waals surface area contributed by atoms with Gasteiger partial charge in [0.05, 0.1) is 5.69 Å².